The second-order valence-corrected chi connectivity index (χ2v) is 10.8. The summed E-state index contributed by atoms with van der Waals surface area (Å²) < 4.78 is 4.95. The highest BCUT2D eigenvalue weighted by molar-refractivity contribution is 6.30. The molecule has 0 saturated heterocycles. The molecule has 0 amide bonds. The number of halogens is 1. The molecule has 1 heterocycles. The third-order valence-corrected chi connectivity index (χ3v) is 8.24. The van der Waals surface area contributed by atoms with E-state index in [2.05, 4.69) is 22.9 Å². The zero-order chi connectivity index (χ0) is 27.2. The van der Waals surface area contributed by atoms with Crippen molar-refractivity contribution in [3.8, 4) is 0 Å². The van der Waals surface area contributed by atoms with Crippen molar-refractivity contribution in [1.82, 2.24) is 0 Å². The minimum absolute atomic E-state index is 0.173. The number of nitrogens with one attached hydrogen (secondary N) is 1. The average molecular weight is 541 g/mol. The molecule has 8 heteroatoms. The van der Waals surface area contributed by atoms with E-state index in [1.54, 1.807) is 6.08 Å². The van der Waals surface area contributed by atoms with Gasteiger partial charge < -0.3 is 25.2 Å². The van der Waals surface area contributed by atoms with Gasteiger partial charge >= 0.3 is 11.9 Å². The molecule has 0 aromatic heterocycles. The van der Waals surface area contributed by atoms with Gasteiger partial charge in [-0.2, -0.15) is 0 Å². The molecule has 38 heavy (non-hydrogen) atoms. The van der Waals surface area contributed by atoms with Crippen molar-refractivity contribution in [3.63, 3.8) is 0 Å². The second-order valence-electron chi connectivity index (χ2n) is 10.3. The Morgan fingerprint density at radius 3 is 2.71 bits per heavy atom. The van der Waals surface area contributed by atoms with Gasteiger partial charge in [0.15, 0.2) is 0 Å². The maximum absolute atomic E-state index is 12.6. The number of carboxylic acids is 1. The standard InChI is InChI=1S/C30H37ClN2O5/c1-3-28(34)24-11-8-22(24)18-33-13-5-4-6-19-14-23(31)10-7-21(19)17-32-26-12-9-20(15-27(26)33)25(16-29(35)36)30(37)38-2/h3,7,9-10,12,14-15,22,24-25,28,32,34H,1,4-6,8,11,13,16-18H2,2H3,(H,35,36)/t22-,24+,25+,28?/m0/s1. The largest absolute Gasteiger partial charge is 0.481 e. The molecule has 1 unspecified atom stereocenters. The summed E-state index contributed by atoms with van der Waals surface area (Å²) >= 11 is 6.30. The molecule has 0 radical (unpaired) electrons. The maximum Gasteiger partial charge on any atom is 0.313 e. The molecule has 1 saturated carbocycles. The van der Waals surface area contributed by atoms with Crippen LogP contribution in [0.1, 0.15) is 54.7 Å². The number of aliphatic hydroxyl groups is 1. The van der Waals surface area contributed by atoms with Gasteiger partial charge in [0.2, 0.25) is 0 Å². The van der Waals surface area contributed by atoms with Crippen molar-refractivity contribution in [1.29, 1.82) is 0 Å². The summed E-state index contributed by atoms with van der Waals surface area (Å²) in [4.78, 5) is 26.5. The number of aryl methyl sites for hydroxylation is 1. The molecule has 2 aliphatic rings. The molecule has 4 atom stereocenters. The highest BCUT2D eigenvalue weighted by Gasteiger charge is 2.36. The zero-order valence-corrected chi connectivity index (χ0v) is 22.6. The number of fused-ring (bicyclic) bond motifs is 2. The first-order chi connectivity index (χ1) is 18.3. The quantitative estimate of drug-likeness (QED) is 0.304. The van der Waals surface area contributed by atoms with Crippen LogP contribution in [0, 0.1) is 11.8 Å². The normalized spacial score (nSPS) is 20.9. The predicted molar refractivity (Wildman–Crippen MR) is 150 cm³/mol. The van der Waals surface area contributed by atoms with Crippen LogP contribution < -0.4 is 10.2 Å². The Kier molecular flexibility index (Phi) is 9.34. The summed E-state index contributed by atoms with van der Waals surface area (Å²) in [5.41, 5.74) is 4.87. The van der Waals surface area contributed by atoms with E-state index in [9.17, 15) is 19.8 Å². The lowest BCUT2D eigenvalue weighted by Gasteiger charge is -2.42. The van der Waals surface area contributed by atoms with Gasteiger partial charge in [0.1, 0.15) is 0 Å². The molecule has 1 aliphatic heterocycles. The van der Waals surface area contributed by atoms with E-state index < -0.39 is 24.0 Å². The van der Waals surface area contributed by atoms with Crippen LogP contribution in [-0.2, 0) is 27.3 Å². The lowest BCUT2D eigenvalue weighted by atomic mass is 9.70. The van der Waals surface area contributed by atoms with Crippen LogP contribution in [0.3, 0.4) is 0 Å². The number of carbonyl (C=O) groups is 2. The Hall–Kier alpha value is -3.03. The SMILES string of the molecule is C=CC(O)[C@@H]1CC[C@H]1CN1CCCCc2cc(Cl)ccc2CNc2ccc([C@@H](CC(=O)O)C(=O)OC)cc21. The third kappa shape index (κ3) is 6.51. The molecule has 2 aromatic carbocycles. The summed E-state index contributed by atoms with van der Waals surface area (Å²) in [6.07, 6.45) is 5.62. The number of aliphatic carboxylic acids is 1. The predicted octanol–water partition coefficient (Wildman–Crippen LogP) is 5.40. The lowest BCUT2D eigenvalue weighted by molar-refractivity contribution is -0.147. The zero-order valence-electron chi connectivity index (χ0n) is 21.9. The molecule has 2 aromatic rings. The summed E-state index contributed by atoms with van der Waals surface area (Å²) in [6, 6.07) is 11.7. The number of aliphatic hydroxyl groups excluding tert-OH is 1. The molecule has 3 N–H and O–H groups in total. The van der Waals surface area contributed by atoms with Crippen LogP contribution in [0.4, 0.5) is 11.4 Å². The molecule has 1 aliphatic carbocycles. The number of nitrogens with zero attached hydrogens (tertiary/aromatic N) is 1. The van der Waals surface area contributed by atoms with Gasteiger partial charge in [-0.3, -0.25) is 9.59 Å². The van der Waals surface area contributed by atoms with Crippen LogP contribution >= 0.6 is 11.6 Å². The number of carbonyl (C=O) groups excluding carboxylic acids is 1. The first-order valence-corrected chi connectivity index (χ1v) is 13.7. The van der Waals surface area contributed by atoms with Crippen LogP contribution in [0.2, 0.25) is 5.02 Å². The topological polar surface area (TPSA) is 99.1 Å². The summed E-state index contributed by atoms with van der Waals surface area (Å²) in [5, 5.41) is 24.2. The Balaban J connectivity index is 1.72. The number of methoxy groups -OCH3 is 1. The van der Waals surface area contributed by atoms with Crippen molar-refractivity contribution in [3.05, 3.63) is 70.8 Å². The van der Waals surface area contributed by atoms with Crippen LogP contribution in [0.25, 0.3) is 0 Å². The van der Waals surface area contributed by atoms with Crippen molar-refractivity contribution < 1.29 is 24.5 Å². The molecule has 204 valence electrons. The van der Waals surface area contributed by atoms with Gasteiger partial charge in [-0.25, -0.2) is 0 Å². The minimum Gasteiger partial charge on any atom is -0.481 e. The van der Waals surface area contributed by atoms with E-state index in [1.165, 1.54) is 18.2 Å². The van der Waals surface area contributed by atoms with E-state index in [0.29, 0.717) is 18.0 Å². The van der Waals surface area contributed by atoms with Gasteiger partial charge in [-0.15, -0.1) is 6.58 Å². The van der Waals surface area contributed by atoms with Crippen molar-refractivity contribution >= 4 is 34.9 Å². The first kappa shape index (κ1) is 28.0. The fourth-order valence-corrected chi connectivity index (χ4v) is 5.87. The number of carboxylic acid groups (broad SMARTS) is 1. The van der Waals surface area contributed by atoms with Gasteiger partial charge in [0, 0.05) is 24.7 Å². The molecular formula is C30H37ClN2O5. The number of esters is 1. The highest BCUT2D eigenvalue weighted by Crippen LogP contribution is 2.40. The Morgan fingerprint density at radius 1 is 1.21 bits per heavy atom. The smallest absolute Gasteiger partial charge is 0.313 e. The fraction of sp³-hybridized carbons (Fsp3) is 0.467. The molecule has 1 fully saturated rings. The third-order valence-electron chi connectivity index (χ3n) is 8.00. The number of ether oxygens (including phenoxy) is 1. The Labute approximate surface area is 229 Å². The van der Waals surface area contributed by atoms with Gasteiger partial charge in [-0.1, -0.05) is 29.8 Å². The van der Waals surface area contributed by atoms with Crippen LogP contribution in [0.5, 0.6) is 0 Å². The summed E-state index contributed by atoms with van der Waals surface area (Å²) in [6.45, 7) is 5.94. The number of rotatable bonds is 8. The first-order valence-electron chi connectivity index (χ1n) is 13.3. The maximum atomic E-state index is 12.6. The van der Waals surface area contributed by atoms with Gasteiger partial charge in [-0.05, 0) is 84.9 Å². The molecule has 4 rings (SSSR count). The lowest BCUT2D eigenvalue weighted by Crippen LogP contribution is -2.43. The van der Waals surface area contributed by atoms with E-state index in [4.69, 9.17) is 16.3 Å². The summed E-state index contributed by atoms with van der Waals surface area (Å²) in [7, 11) is 1.28. The number of benzene rings is 2. The van der Waals surface area contributed by atoms with Crippen molar-refractivity contribution in [2.24, 2.45) is 11.8 Å². The Bertz CT molecular complexity index is 1170. The molecule has 0 bridgehead atoms. The Morgan fingerprint density at radius 2 is 2.03 bits per heavy atom. The van der Waals surface area contributed by atoms with Crippen LogP contribution in [-0.4, -0.2) is 48.5 Å². The van der Waals surface area contributed by atoms with Crippen molar-refractivity contribution in [2.45, 2.75) is 57.1 Å². The van der Waals surface area contributed by atoms with Crippen LogP contribution in [0.15, 0.2) is 49.1 Å². The molecule has 0 spiro atoms. The number of hydrogen-bond acceptors (Lipinski definition) is 6. The van der Waals surface area contributed by atoms with Gasteiger partial charge in [0.25, 0.3) is 0 Å². The highest BCUT2D eigenvalue weighted by atomic mass is 35.5. The second kappa shape index (κ2) is 12.7. The van der Waals surface area contributed by atoms with E-state index in [1.807, 2.05) is 30.3 Å². The molecular weight excluding hydrogens is 504 g/mol. The van der Waals surface area contributed by atoms with E-state index in [-0.39, 0.29) is 12.3 Å². The van der Waals surface area contributed by atoms with Gasteiger partial charge in [0.05, 0.1) is 36.9 Å². The number of anilines is 2. The van der Waals surface area contributed by atoms with Crippen molar-refractivity contribution in [2.75, 3.05) is 30.4 Å². The monoisotopic (exact) mass is 540 g/mol. The fourth-order valence-electron chi connectivity index (χ4n) is 5.68. The van der Waals surface area contributed by atoms with E-state index >= 15 is 0 Å². The minimum atomic E-state index is -1.06. The number of hydrogen-bond donors (Lipinski definition) is 3. The van der Waals surface area contributed by atoms with E-state index in [0.717, 1.165) is 61.6 Å². The summed E-state index contributed by atoms with van der Waals surface area (Å²) in [5.74, 6) is -2.03. The molecule has 7 nitrogen and oxygen atoms in total. The average Bonchev–Trinajstić information content (AvgIpc) is 2.92.